The van der Waals surface area contributed by atoms with E-state index in [4.69, 9.17) is 4.74 Å². The highest BCUT2D eigenvalue weighted by atomic mass is 32.1. The zero-order valence-corrected chi connectivity index (χ0v) is 17.4. The second kappa shape index (κ2) is 8.81. The van der Waals surface area contributed by atoms with E-state index in [2.05, 4.69) is 19.7 Å². The molecular weight excluding hydrogens is 435 g/mol. The van der Waals surface area contributed by atoms with Gasteiger partial charge in [0.1, 0.15) is 5.75 Å². The lowest BCUT2D eigenvalue weighted by molar-refractivity contribution is -0.274. The molecule has 1 amide bonds. The van der Waals surface area contributed by atoms with Crippen LogP contribution in [0.2, 0.25) is 0 Å². The highest BCUT2D eigenvalue weighted by molar-refractivity contribution is 7.22. The third kappa shape index (κ3) is 5.32. The molecule has 0 atom stereocenters. The van der Waals surface area contributed by atoms with Gasteiger partial charge in [0, 0.05) is 45.5 Å². The van der Waals surface area contributed by atoms with Crippen molar-refractivity contribution in [3.63, 3.8) is 0 Å². The smallest absolute Gasteiger partial charge is 0.406 e. The van der Waals surface area contributed by atoms with Crippen molar-refractivity contribution in [2.24, 2.45) is 7.05 Å². The molecule has 0 spiro atoms. The fourth-order valence-corrected chi connectivity index (χ4v) is 4.24. The lowest BCUT2D eigenvalue weighted by atomic mass is 10.3. The van der Waals surface area contributed by atoms with Gasteiger partial charge in [-0.15, -0.1) is 13.2 Å². The van der Waals surface area contributed by atoms with Crippen molar-refractivity contribution in [3.8, 4) is 5.75 Å². The van der Waals surface area contributed by atoms with E-state index in [1.807, 2.05) is 0 Å². The molecular formula is C19H20F3N5O3S. The first-order valence-electron chi connectivity index (χ1n) is 9.56. The van der Waals surface area contributed by atoms with E-state index >= 15 is 0 Å². The van der Waals surface area contributed by atoms with Gasteiger partial charge in [0.2, 0.25) is 0 Å². The Labute approximate surface area is 179 Å². The fourth-order valence-electron chi connectivity index (χ4n) is 3.22. The molecule has 3 heterocycles. The van der Waals surface area contributed by atoms with E-state index in [-0.39, 0.29) is 17.4 Å². The number of amides is 1. The summed E-state index contributed by atoms with van der Waals surface area (Å²) in [5.74, 6) is -0.647. The van der Waals surface area contributed by atoms with Gasteiger partial charge < -0.3 is 9.47 Å². The molecule has 2 aromatic heterocycles. The molecule has 0 radical (unpaired) electrons. The number of rotatable bonds is 6. The van der Waals surface area contributed by atoms with Gasteiger partial charge in [-0.25, -0.2) is 4.98 Å². The number of morpholine rings is 1. The standard InChI is InChI=1S/C19H20F3N5O3S/c1-25-5-4-15(24-25)17(28)27(7-6-26-8-10-29-11-9-26)18-23-14-3-2-13(12-16(14)31-18)30-19(20,21)22/h2-5,12H,6-11H2,1H3. The molecule has 3 aromatic rings. The first-order valence-corrected chi connectivity index (χ1v) is 10.4. The van der Waals surface area contributed by atoms with Crippen LogP contribution in [0, 0.1) is 0 Å². The predicted octanol–water partition coefficient (Wildman–Crippen LogP) is 2.91. The van der Waals surface area contributed by atoms with Gasteiger partial charge in [0.15, 0.2) is 10.8 Å². The fraction of sp³-hybridized carbons (Fsp3) is 0.421. The lowest BCUT2D eigenvalue weighted by Crippen LogP contribution is -2.43. The molecule has 1 saturated heterocycles. The van der Waals surface area contributed by atoms with Gasteiger partial charge in [-0.2, -0.15) is 5.10 Å². The van der Waals surface area contributed by atoms with Crippen LogP contribution in [-0.2, 0) is 11.8 Å². The second-order valence-corrected chi connectivity index (χ2v) is 7.97. The van der Waals surface area contributed by atoms with Gasteiger partial charge >= 0.3 is 6.36 Å². The Balaban J connectivity index is 1.61. The molecule has 1 aliphatic heterocycles. The number of ether oxygens (including phenoxy) is 2. The van der Waals surface area contributed by atoms with Crippen LogP contribution in [0.4, 0.5) is 18.3 Å². The average Bonchev–Trinajstić information content (AvgIpc) is 3.33. The van der Waals surface area contributed by atoms with Crippen molar-refractivity contribution in [1.29, 1.82) is 0 Å². The number of hydrogen-bond acceptors (Lipinski definition) is 7. The first-order chi connectivity index (χ1) is 14.8. The zero-order chi connectivity index (χ0) is 22.0. The average molecular weight is 455 g/mol. The molecule has 8 nitrogen and oxygen atoms in total. The number of carbonyl (C=O) groups is 1. The molecule has 31 heavy (non-hydrogen) atoms. The number of fused-ring (bicyclic) bond motifs is 1. The van der Waals surface area contributed by atoms with Gasteiger partial charge in [-0.1, -0.05) is 11.3 Å². The number of aryl methyl sites for hydroxylation is 1. The maximum atomic E-state index is 13.2. The van der Waals surface area contributed by atoms with Crippen LogP contribution in [0.3, 0.4) is 0 Å². The highest BCUT2D eigenvalue weighted by Gasteiger charge is 2.31. The van der Waals surface area contributed by atoms with E-state index in [1.54, 1.807) is 19.3 Å². The van der Waals surface area contributed by atoms with Crippen LogP contribution in [0.25, 0.3) is 10.2 Å². The van der Waals surface area contributed by atoms with Crippen molar-refractivity contribution in [3.05, 3.63) is 36.2 Å². The summed E-state index contributed by atoms with van der Waals surface area (Å²) in [5.41, 5.74) is 0.754. The molecule has 0 unspecified atom stereocenters. The predicted molar refractivity (Wildman–Crippen MR) is 108 cm³/mol. The van der Waals surface area contributed by atoms with E-state index in [9.17, 15) is 18.0 Å². The maximum Gasteiger partial charge on any atom is 0.573 e. The summed E-state index contributed by atoms with van der Waals surface area (Å²) in [6, 6.07) is 5.54. The molecule has 0 aliphatic carbocycles. The van der Waals surface area contributed by atoms with Gasteiger partial charge in [-0.05, 0) is 18.2 Å². The van der Waals surface area contributed by atoms with E-state index in [0.29, 0.717) is 41.7 Å². The van der Waals surface area contributed by atoms with Crippen LogP contribution in [0.1, 0.15) is 10.5 Å². The topological polar surface area (TPSA) is 72.7 Å². The molecule has 1 fully saturated rings. The first kappa shape index (κ1) is 21.5. The Morgan fingerprint density at radius 3 is 2.74 bits per heavy atom. The third-order valence-corrected chi connectivity index (χ3v) is 5.78. The van der Waals surface area contributed by atoms with E-state index < -0.39 is 6.36 Å². The van der Waals surface area contributed by atoms with Crippen LogP contribution >= 0.6 is 11.3 Å². The molecule has 0 bridgehead atoms. The van der Waals surface area contributed by atoms with Gasteiger partial charge in [-0.3, -0.25) is 19.3 Å². The molecule has 0 saturated carbocycles. The van der Waals surface area contributed by atoms with Crippen LogP contribution in [0.15, 0.2) is 30.5 Å². The van der Waals surface area contributed by atoms with Crippen molar-refractivity contribution in [2.45, 2.75) is 6.36 Å². The van der Waals surface area contributed by atoms with Crippen LogP contribution in [0.5, 0.6) is 5.75 Å². The summed E-state index contributed by atoms with van der Waals surface area (Å²) in [4.78, 5) is 21.3. The molecule has 4 rings (SSSR count). The number of halogens is 3. The second-order valence-electron chi connectivity index (χ2n) is 6.96. The zero-order valence-electron chi connectivity index (χ0n) is 16.6. The molecule has 166 valence electrons. The third-order valence-electron chi connectivity index (χ3n) is 4.73. The Kier molecular flexibility index (Phi) is 6.12. The number of carbonyl (C=O) groups excluding carboxylic acids is 1. The Bertz CT molecular complexity index is 1060. The largest absolute Gasteiger partial charge is 0.573 e. The number of alkyl halides is 3. The van der Waals surface area contributed by atoms with Crippen LogP contribution in [-0.4, -0.2) is 71.3 Å². The summed E-state index contributed by atoms with van der Waals surface area (Å²) >= 11 is 1.13. The molecule has 12 heteroatoms. The molecule has 0 N–H and O–H groups in total. The number of aromatic nitrogens is 3. The monoisotopic (exact) mass is 455 g/mol. The summed E-state index contributed by atoms with van der Waals surface area (Å²) in [6.45, 7) is 3.78. The maximum absolute atomic E-state index is 13.2. The minimum Gasteiger partial charge on any atom is -0.406 e. The summed E-state index contributed by atoms with van der Waals surface area (Å²) in [7, 11) is 1.72. The van der Waals surface area contributed by atoms with Crippen LogP contribution < -0.4 is 9.64 Å². The normalized spacial score (nSPS) is 15.4. The quantitative estimate of drug-likeness (QED) is 0.569. The molecule has 1 aromatic carbocycles. The molecule has 1 aliphatic rings. The Morgan fingerprint density at radius 1 is 1.29 bits per heavy atom. The summed E-state index contributed by atoms with van der Waals surface area (Å²) in [6.07, 6.45) is -3.10. The summed E-state index contributed by atoms with van der Waals surface area (Å²) < 4.78 is 49.0. The lowest BCUT2D eigenvalue weighted by Gasteiger charge is -2.29. The SMILES string of the molecule is Cn1ccc(C(=O)N(CCN2CCOCC2)c2nc3ccc(OC(F)(F)F)cc3s2)n1. The number of nitrogens with zero attached hydrogens (tertiary/aromatic N) is 5. The van der Waals surface area contributed by atoms with Gasteiger partial charge in [0.05, 0.1) is 23.4 Å². The van der Waals surface area contributed by atoms with Gasteiger partial charge in [0.25, 0.3) is 5.91 Å². The van der Waals surface area contributed by atoms with E-state index in [0.717, 1.165) is 24.4 Å². The minimum absolute atomic E-state index is 0.268. The summed E-state index contributed by atoms with van der Waals surface area (Å²) in [5, 5.41) is 4.58. The van der Waals surface area contributed by atoms with Crippen molar-refractivity contribution >= 4 is 32.6 Å². The minimum atomic E-state index is -4.78. The Morgan fingerprint density at radius 2 is 2.06 bits per heavy atom. The number of thiazole rings is 1. The van der Waals surface area contributed by atoms with Crippen molar-refractivity contribution < 1.29 is 27.4 Å². The van der Waals surface area contributed by atoms with E-state index in [1.165, 1.54) is 27.8 Å². The van der Waals surface area contributed by atoms with Crippen molar-refractivity contribution in [2.75, 3.05) is 44.3 Å². The number of anilines is 1. The highest BCUT2D eigenvalue weighted by Crippen LogP contribution is 2.33. The Hall–Kier alpha value is -2.70. The van der Waals surface area contributed by atoms with Crippen molar-refractivity contribution in [1.82, 2.24) is 19.7 Å². The number of hydrogen-bond donors (Lipinski definition) is 0. The number of benzene rings is 1.